The van der Waals surface area contributed by atoms with Crippen molar-refractivity contribution in [1.29, 1.82) is 0 Å². The Hall–Kier alpha value is -3.82. The van der Waals surface area contributed by atoms with Gasteiger partial charge in [0.15, 0.2) is 17.2 Å². The molecule has 1 aromatic heterocycles. The van der Waals surface area contributed by atoms with E-state index in [1.54, 1.807) is 32.9 Å². The number of aromatic nitrogens is 1. The lowest BCUT2D eigenvalue weighted by atomic mass is 9.88. The number of amides is 1. The van der Waals surface area contributed by atoms with Crippen LogP contribution in [0.2, 0.25) is 10.0 Å². The fourth-order valence-electron chi connectivity index (χ4n) is 4.07. The van der Waals surface area contributed by atoms with E-state index in [0.29, 0.717) is 16.5 Å². The normalized spacial score (nSPS) is 13.0. The van der Waals surface area contributed by atoms with Crippen LogP contribution >= 0.6 is 23.2 Å². The molecule has 1 heterocycles. The van der Waals surface area contributed by atoms with Crippen LogP contribution in [-0.2, 0) is 25.5 Å². The van der Waals surface area contributed by atoms with E-state index in [-0.39, 0.29) is 29.0 Å². The van der Waals surface area contributed by atoms with Crippen LogP contribution in [0.5, 0.6) is 11.5 Å². The number of halogens is 2. The Morgan fingerprint density at radius 2 is 1.64 bits per heavy atom. The fourth-order valence-corrected chi connectivity index (χ4v) is 4.39. The minimum atomic E-state index is -1.03. The molecule has 1 N–H and O–H groups in total. The van der Waals surface area contributed by atoms with Crippen LogP contribution in [0, 0.1) is 5.92 Å². The number of methoxy groups -OCH3 is 1. The summed E-state index contributed by atoms with van der Waals surface area (Å²) in [5.41, 5.74) is 1.75. The van der Waals surface area contributed by atoms with Crippen molar-refractivity contribution >= 4 is 41.0 Å². The van der Waals surface area contributed by atoms with E-state index in [0.717, 1.165) is 11.1 Å². The van der Waals surface area contributed by atoms with Gasteiger partial charge in [0.2, 0.25) is 6.79 Å². The molecule has 0 aliphatic heterocycles. The number of carbonyl (C=O) groups excluding carboxylic acids is 3. The highest BCUT2D eigenvalue weighted by Crippen LogP contribution is 2.31. The van der Waals surface area contributed by atoms with Crippen LogP contribution in [0.4, 0.5) is 0 Å². The maximum Gasteiger partial charge on any atom is 0.328 e. The number of nitrogens with zero attached hydrogens (tertiary/aromatic N) is 1. The third kappa shape index (κ3) is 8.84. The minimum absolute atomic E-state index is 0.0336. The van der Waals surface area contributed by atoms with Gasteiger partial charge in [-0.1, -0.05) is 73.4 Å². The summed E-state index contributed by atoms with van der Waals surface area (Å²) in [7, 11) is 1.40. The van der Waals surface area contributed by atoms with E-state index in [1.807, 2.05) is 36.4 Å². The predicted octanol–water partition coefficient (Wildman–Crippen LogP) is 6.01. The van der Waals surface area contributed by atoms with Crippen molar-refractivity contribution in [2.45, 2.75) is 52.2 Å². The summed E-state index contributed by atoms with van der Waals surface area (Å²) in [5.74, 6) is -2.20. The summed E-state index contributed by atoms with van der Waals surface area (Å²) in [5, 5.41) is 3.50. The lowest BCUT2D eigenvalue weighted by Gasteiger charge is -2.26. The standard InChI is InChI=1S/C31H34Cl2N2O7/c1-18(2)30(37)41-17-40-28-26(39-5)13-14-34-27(28)29(36)35-19(3)31(38)42-20(4)23(22-9-7-6-8-10-22)15-21-11-12-24(32)25(33)16-21/h6-14,16,18-20,23H,15,17H2,1-5H3,(H,35,36)/t19-,20-,23-/m0/s1. The number of ether oxygens (including phenoxy) is 4. The molecule has 0 aliphatic rings. The van der Waals surface area contributed by atoms with Crippen molar-refractivity contribution in [3.63, 3.8) is 0 Å². The molecule has 224 valence electrons. The van der Waals surface area contributed by atoms with Crippen LogP contribution in [-0.4, -0.2) is 48.9 Å². The molecule has 0 saturated carbocycles. The van der Waals surface area contributed by atoms with E-state index in [1.165, 1.54) is 26.3 Å². The van der Waals surface area contributed by atoms with Crippen molar-refractivity contribution in [1.82, 2.24) is 10.3 Å². The van der Waals surface area contributed by atoms with Gasteiger partial charge in [-0.05, 0) is 43.5 Å². The molecule has 11 heteroatoms. The monoisotopic (exact) mass is 616 g/mol. The highest BCUT2D eigenvalue weighted by molar-refractivity contribution is 6.42. The molecule has 0 aliphatic carbocycles. The van der Waals surface area contributed by atoms with Crippen molar-refractivity contribution in [3.05, 3.63) is 87.7 Å². The fraction of sp³-hybridized carbons (Fsp3) is 0.355. The molecule has 3 aromatic rings. The molecule has 9 nitrogen and oxygen atoms in total. The average molecular weight is 618 g/mol. The Kier molecular flexibility index (Phi) is 12.0. The zero-order chi connectivity index (χ0) is 30.8. The van der Waals surface area contributed by atoms with Gasteiger partial charge in [0, 0.05) is 18.2 Å². The molecular formula is C31H34Cl2N2O7. The van der Waals surface area contributed by atoms with Gasteiger partial charge in [-0.3, -0.25) is 9.59 Å². The van der Waals surface area contributed by atoms with Gasteiger partial charge in [0.25, 0.3) is 5.91 Å². The molecule has 0 unspecified atom stereocenters. The average Bonchev–Trinajstić information content (AvgIpc) is 2.97. The number of esters is 2. The molecule has 1 amide bonds. The molecule has 3 rings (SSSR count). The lowest BCUT2D eigenvalue weighted by molar-refractivity contribution is -0.154. The van der Waals surface area contributed by atoms with Crippen LogP contribution < -0.4 is 14.8 Å². The van der Waals surface area contributed by atoms with Crippen LogP contribution in [0.1, 0.15) is 55.2 Å². The molecule has 3 atom stereocenters. The SMILES string of the molecule is COc1ccnc(C(=O)N[C@@H](C)C(=O)O[C@@H](C)[C@H](Cc2ccc(Cl)c(Cl)c2)c2ccccc2)c1OCOC(=O)C(C)C. The third-order valence-electron chi connectivity index (χ3n) is 6.42. The molecule has 0 spiro atoms. The molecule has 2 aromatic carbocycles. The van der Waals surface area contributed by atoms with Crippen LogP contribution in [0.25, 0.3) is 0 Å². The molecule has 0 saturated heterocycles. The largest absolute Gasteiger partial charge is 0.493 e. The van der Waals surface area contributed by atoms with Crippen molar-refractivity contribution in [2.75, 3.05) is 13.9 Å². The van der Waals surface area contributed by atoms with Gasteiger partial charge >= 0.3 is 11.9 Å². The Bertz CT molecular complexity index is 1380. The number of carbonyl (C=O) groups is 3. The number of pyridine rings is 1. The molecule has 42 heavy (non-hydrogen) atoms. The first-order valence-corrected chi connectivity index (χ1v) is 14.1. The topological polar surface area (TPSA) is 113 Å². The van der Waals surface area contributed by atoms with Crippen LogP contribution in [0.15, 0.2) is 60.8 Å². The van der Waals surface area contributed by atoms with E-state index in [2.05, 4.69) is 10.3 Å². The minimum Gasteiger partial charge on any atom is -0.493 e. The number of rotatable bonds is 13. The highest BCUT2D eigenvalue weighted by atomic mass is 35.5. The molecule has 0 bridgehead atoms. The second-order valence-electron chi connectivity index (χ2n) is 9.88. The Morgan fingerprint density at radius 3 is 2.29 bits per heavy atom. The van der Waals surface area contributed by atoms with E-state index < -0.39 is 36.8 Å². The van der Waals surface area contributed by atoms with Gasteiger partial charge in [0.05, 0.1) is 23.1 Å². The molecule has 0 radical (unpaired) electrons. The second kappa shape index (κ2) is 15.4. The lowest BCUT2D eigenvalue weighted by Crippen LogP contribution is -2.41. The summed E-state index contributed by atoms with van der Waals surface area (Å²) in [6.07, 6.45) is 1.34. The number of benzene rings is 2. The summed E-state index contributed by atoms with van der Waals surface area (Å²) >= 11 is 12.3. The first-order chi connectivity index (χ1) is 20.0. The van der Waals surface area contributed by atoms with Crippen LogP contribution in [0.3, 0.4) is 0 Å². The maximum absolute atomic E-state index is 13.1. The number of nitrogens with one attached hydrogen (secondary N) is 1. The van der Waals surface area contributed by atoms with Gasteiger partial charge in [0.1, 0.15) is 12.1 Å². The van der Waals surface area contributed by atoms with Gasteiger partial charge in [-0.2, -0.15) is 0 Å². The summed E-state index contributed by atoms with van der Waals surface area (Å²) in [4.78, 5) is 42.1. The van der Waals surface area contributed by atoms with Crippen molar-refractivity contribution < 1.29 is 33.3 Å². The summed E-state index contributed by atoms with van der Waals surface area (Å²) in [6, 6.07) is 15.5. The van der Waals surface area contributed by atoms with E-state index >= 15 is 0 Å². The Balaban J connectivity index is 1.71. The zero-order valence-corrected chi connectivity index (χ0v) is 25.6. The highest BCUT2D eigenvalue weighted by Gasteiger charge is 2.28. The van der Waals surface area contributed by atoms with E-state index in [4.69, 9.17) is 42.1 Å². The first kappa shape index (κ1) is 32.7. The Morgan fingerprint density at radius 1 is 0.929 bits per heavy atom. The maximum atomic E-state index is 13.1. The number of hydrogen-bond donors (Lipinski definition) is 1. The van der Waals surface area contributed by atoms with E-state index in [9.17, 15) is 14.4 Å². The first-order valence-electron chi connectivity index (χ1n) is 13.3. The van der Waals surface area contributed by atoms with Gasteiger partial charge in [-0.15, -0.1) is 0 Å². The summed E-state index contributed by atoms with van der Waals surface area (Å²) < 4.78 is 21.7. The smallest absolute Gasteiger partial charge is 0.328 e. The Labute approximate surface area is 255 Å². The van der Waals surface area contributed by atoms with Gasteiger partial charge in [-0.25, -0.2) is 9.78 Å². The number of hydrogen-bond acceptors (Lipinski definition) is 8. The van der Waals surface area contributed by atoms with Crippen molar-refractivity contribution in [3.8, 4) is 11.5 Å². The predicted molar refractivity (Wildman–Crippen MR) is 159 cm³/mol. The molecule has 0 fully saturated rings. The van der Waals surface area contributed by atoms with Gasteiger partial charge < -0.3 is 24.3 Å². The summed E-state index contributed by atoms with van der Waals surface area (Å²) in [6.45, 7) is 6.23. The molecular weight excluding hydrogens is 583 g/mol. The van der Waals surface area contributed by atoms with Crippen molar-refractivity contribution in [2.24, 2.45) is 5.92 Å². The zero-order valence-electron chi connectivity index (χ0n) is 24.1. The quantitative estimate of drug-likeness (QED) is 0.183. The second-order valence-corrected chi connectivity index (χ2v) is 10.7. The third-order valence-corrected chi connectivity index (χ3v) is 7.16.